The van der Waals surface area contributed by atoms with E-state index in [1.807, 2.05) is 0 Å². The van der Waals surface area contributed by atoms with E-state index in [9.17, 15) is 0 Å². The Morgan fingerprint density at radius 2 is 2.22 bits per heavy atom. The highest BCUT2D eigenvalue weighted by atomic mass is 35.5. The molecule has 0 fully saturated rings. The summed E-state index contributed by atoms with van der Waals surface area (Å²) in [5, 5.41) is 4.88. The van der Waals surface area contributed by atoms with Crippen molar-refractivity contribution in [1.82, 2.24) is 14.3 Å². The number of hydrogen-bond donors (Lipinski definition) is 1. The molecule has 0 radical (unpaired) electrons. The van der Waals surface area contributed by atoms with Crippen molar-refractivity contribution >= 4 is 52.3 Å². The van der Waals surface area contributed by atoms with E-state index in [1.54, 1.807) is 6.07 Å². The van der Waals surface area contributed by atoms with Crippen molar-refractivity contribution in [3.8, 4) is 0 Å². The van der Waals surface area contributed by atoms with Gasteiger partial charge in [0.2, 0.25) is 0 Å². The van der Waals surface area contributed by atoms with Gasteiger partial charge in [-0.2, -0.15) is 4.37 Å². The van der Waals surface area contributed by atoms with Crippen LogP contribution in [0.4, 0.5) is 5.82 Å². The Labute approximate surface area is 123 Å². The number of halogens is 2. The monoisotopic (exact) mass is 320 g/mol. The summed E-state index contributed by atoms with van der Waals surface area (Å²) in [5.74, 6) is 0.648. The Kier molecular flexibility index (Phi) is 5.05. The highest BCUT2D eigenvalue weighted by Crippen LogP contribution is 2.35. The number of nitrogens with zero attached hydrogens (tertiary/aromatic N) is 3. The summed E-state index contributed by atoms with van der Waals surface area (Å²) in [5.41, 5.74) is 0. The number of anilines is 1. The zero-order valence-electron chi connectivity index (χ0n) is 9.48. The summed E-state index contributed by atoms with van der Waals surface area (Å²) in [6.45, 7) is 2.89. The minimum absolute atomic E-state index is 0.516. The predicted octanol–water partition coefficient (Wildman–Crippen LogP) is 4.21. The molecule has 18 heavy (non-hydrogen) atoms. The van der Waals surface area contributed by atoms with Gasteiger partial charge in [0.15, 0.2) is 4.34 Å². The third-order valence-electron chi connectivity index (χ3n) is 1.96. The minimum Gasteiger partial charge on any atom is -0.369 e. The summed E-state index contributed by atoms with van der Waals surface area (Å²) in [7, 11) is 0. The molecule has 0 aliphatic heterocycles. The summed E-state index contributed by atoms with van der Waals surface area (Å²) in [6.07, 6.45) is 2.51. The molecule has 2 aromatic heterocycles. The van der Waals surface area contributed by atoms with Crippen molar-refractivity contribution < 1.29 is 0 Å². The zero-order chi connectivity index (χ0) is 13.0. The van der Waals surface area contributed by atoms with E-state index in [1.165, 1.54) is 29.6 Å². The number of pyridine rings is 1. The van der Waals surface area contributed by atoms with Crippen LogP contribution in [-0.4, -0.2) is 20.9 Å². The van der Waals surface area contributed by atoms with Crippen molar-refractivity contribution in [3.63, 3.8) is 0 Å². The molecule has 0 aliphatic carbocycles. The lowest BCUT2D eigenvalue weighted by Gasteiger charge is -2.09. The minimum atomic E-state index is 0.516. The summed E-state index contributed by atoms with van der Waals surface area (Å²) in [4.78, 5) is 8.50. The van der Waals surface area contributed by atoms with Crippen LogP contribution >= 0.6 is 46.5 Å². The number of hydrogen-bond acceptors (Lipinski definition) is 6. The predicted molar refractivity (Wildman–Crippen MR) is 77.1 cm³/mol. The number of nitrogens with one attached hydrogen (secondary N) is 1. The van der Waals surface area contributed by atoms with Gasteiger partial charge in [0.25, 0.3) is 0 Å². The molecular formula is C10H10Cl2N4S2. The van der Waals surface area contributed by atoms with E-state index in [2.05, 4.69) is 26.6 Å². The Hall–Kier alpha value is -0.560. The van der Waals surface area contributed by atoms with E-state index in [0.29, 0.717) is 20.9 Å². The molecule has 0 amide bonds. The largest absolute Gasteiger partial charge is 0.369 e. The van der Waals surface area contributed by atoms with Crippen molar-refractivity contribution in [2.45, 2.75) is 22.7 Å². The standard InChI is InChI=1S/C10H10Cl2N4S2/c1-2-3-13-8-6(11)4-7(12)9(16-8)17-10-14-5-15-18-10/h4-5H,2-3H2,1H3,(H,13,16). The first kappa shape index (κ1) is 13.9. The number of aromatic nitrogens is 3. The molecule has 0 aliphatic rings. The van der Waals surface area contributed by atoms with Crippen LogP contribution in [0, 0.1) is 0 Å². The van der Waals surface area contributed by atoms with Gasteiger partial charge in [0, 0.05) is 6.54 Å². The van der Waals surface area contributed by atoms with E-state index < -0.39 is 0 Å². The second-order valence-electron chi connectivity index (χ2n) is 3.34. The third kappa shape index (κ3) is 3.47. The maximum Gasteiger partial charge on any atom is 0.176 e. The second-order valence-corrected chi connectivity index (χ2v) is 6.17. The Bertz CT molecular complexity index is 519. The lowest BCUT2D eigenvalue weighted by atomic mass is 10.4. The summed E-state index contributed by atoms with van der Waals surface area (Å²) in [6, 6.07) is 1.69. The van der Waals surface area contributed by atoms with Crippen LogP contribution in [0.3, 0.4) is 0 Å². The third-order valence-corrected chi connectivity index (χ3v) is 4.37. The van der Waals surface area contributed by atoms with Crippen molar-refractivity contribution in [3.05, 3.63) is 22.4 Å². The van der Waals surface area contributed by atoms with Gasteiger partial charge in [-0.1, -0.05) is 30.1 Å². The van der Waals surface area contributed by atoms with Crippen LogP contribution in [0.1, 0.15) is 13.3 Å². The van der Waals surface area contributed by atoms with E-state index in [-0.39, 0.29) is 0 Å². The smallest absolute Gasteiger partial charge is 0.176 e. The molecule has 2 heterocycles. The van der Waals surface area contributed by atoms with Crippen molar-refractivity contribution in [1.29, 1.82) is 0 Å². The topological polar surface area (TPSA) is 50.7 Å². The molecule has 0 atom stereocenters. The molecule has 2 rings (SSSR count). The molecule has 1 N–H and O–H groups in total. The highest BCUT2D eigenvalue weighted by molar-refractivity contribution is 8.01. The van der Waals surface area contributed by atoms with Crippen LogP contribution in [0.15, 0.2) is 21.8 Å². The van der Waals surface area contributed by atoms with Crippen molar-refractivity contribution in [2.75, 3.05) is 11.9 Å². The molecule has 0 unspecified atom stereocenters. The van der Waals surface area contributed by atoms with Gasteiger partial charge in [0.05, 0.1) is 10.0 Å². The van der Waals surface area contributed by atoms with Crippen LogP contribution in [-0.2, 0) is 0 Å². The van der Waals surface area contributed by atoms with Gasteiger partial charge < -0.3 is 5.32 Å². The molecule has 0 spiro atoms. The first-order valence-corrected chi connectivity index (χ1v) is 7.59. The lowest BCUT2D eigenvalue weighted by molar-refractivity contribution is 0.960. The van der Waals surface area contributed by atoms with Crippen LogP contribution < -0.4 is 5.32 Å². The van der Waals surface area contributed by atoms with Gasteiger partial charge in [-0.15, -0.1) is 0 Å². The fraction of sp³-hybridized carbons (Fsp3) is 0.300. The molecule has 8 heteroatoms. The summed E-state index contributed by atoms with van der Waals surface area (Å²) >= 11 is 14.9. The van der Waals surface area contributed by atoms with E-state index in [4.69, 9.17) is 23.2 Å². The SMILES string of the molecule is CCCNc1nc(Sc2ncns2)c(Cl)cc1Cl. The molecule has 2 aromatic rings. The summed E-state index contributed by atoms with van der Waals surface area (Å²) < 4.78 is 4.73. The molecule has 0 saturated heterocycles. The first-order chi connectivity index (χ1) is 8.70. The average Bonchev–Trinajstić information content (AvgIpc) is 2.84. The Morgan fingerprint density at radius 3 is 2.89 bits per heavy atom. The maximum absolute atomic E-state index is 6.11. The fourth-order valence-corrected chi connectivity index (χ4v) is 3.07. The molecule has 0 aromatic carbocycles. The Morgan fingerprint density at radius 1 is 1.39 bits per heavy atom. The first-order valence-electron chi connectivity index (χ1n) is 5.25. The van der Waals surface area contributed by atoms with Crippen LogP contribution in [0.2, 0.25) is 10.0 Å². The molecule has 0 bridgehead atoms. The number of rotatable bonds is 5. The molecule has 4 nitrogen and oxygen atoms in total. The van der Waals surface area contributed by atoms with Crippen molar-refractivity contribution in [2.24, 2.45) is 0 Å². The van der Waals surface area contributed by atoms with Gasteiger partial charge in [0.1, 0.15) is 17.2 Å². The average molecular weight is 321 g/mol. The zero-order valence-corrected chi connectivity index (χ0v) is 12.6. The van der Waals surface area contributed by atoms with Gasteiger partial charge in [-0.3, -0.25) is 0 Å². The lowest BCUT2D eigenvalue weighted by Crippen LogP contribution is -2.03. The van der Waals surface area contributed by atoms with Gasteiger partial charge in [-0.25, -0.2) is 9.97 Å². The van der Waals surface area contributed by atoms with Gasteiger partial charge >= 0.3 is 0 Å². The van der Waals surface area contributed by atoms with E-state index >= 15 is 0 Å². The fourth-order valence-electron chi connectivity index (χ4n) is 1.18. The van der Waals surface area contributed by atoms with Crippen LogP contribution in [0.5, 0.6) is 0 Å². The Balaban J connectivity index is 2.23. The maximum atomic E-state index is 6.11. The molecule has 96 valence electrons. The quantitative estimate of drug-likeness (QED) is 0.894. The van der Waals surface area contributed by atoms with Gasteiger partial charge in [-0.05, 0) is 35.8 Å². The van der Waals surface area contributed by atoms with E-state index in [0.717, 1.165) is 17.3 Å². The highest BCUT2D eigenvalue weighted by Gasteiger charge is 2.11. The molecular weight excluding hydrogens is 311 g/mol. The normalized spacial score (nSPS) is 10.6. The van der Waals surface area contributed by atoms with Crippen LogP contribution in [0.25, 0.3) is 0 Å². The molecule has 0 saturated carbocycles. The second kappa shape index (κ2) is 6.56.